The molecule has 4 heteroatoms. The molecule has 0 radical (unpaired) electrons. The van der Waals surface area contributed by atoms with E-state index in [4.69, 9.17) is 5.73 Å². The zero-order chi connectivity index (χ0) is 11.0. The summed E-state index contributed by atoms with van der Waals surface area (Å²) in [6.45, 7) is 0.589. The van der Waals surface area contributed by atoms with Crippen molar-refractivity contribution in [1.82, 2.24) is 4.57 Å². The molecule has 2 N–H and O–H groups in total. The zero-order valence-corrected chi connectivity index (χ0v) is 10.0. The van der Waals surface area contributed by atoms with E-state index >= 15 is 0 Å². The van der Waals surface area contributed by atoms with Gasteiger partial charge in [0.1, 0.15) is 5.82 Å². The van der Waals surface area contributed by atoms with Crippen LogP contribution in [0.25, 0.3) is 10.9 Å². The fourth-order valence-corrected chi connectivity index (χ4v) is 2.63. The molecule has 0 atom stereocenters. The van der Waals surface area contributed by atoms with Crippen molar-refractivity contribution in [3.63, 3.8) is 0 Å². The fraction of sp³-hybridized carbons (Fsp3) is 0.273. The van der Waals surface area contributed by atoms with Gasteiger partial charge >= 0.3 is 0 Å². The topological polar surface area (TPSA) is 30.9 Å². The Hall–Kier alpha value is -0.870. The van der Waals surface area contributed by atoms with Gasteiger partial charge in [0.25, 0.3) is 0 Å². The average molecular weight is 271 g/mol. The Morgan fingerprint density at radius 3 is 2.87 bits per heavy atom. The number of nitrogens with two attached hydrogens (primary N) is 1. The minimum atomic E-state index is -0.213. The largest absolute Gasteiger partial charge is 0.346 e. The summed E-state index contributed by atoms with van der Waals surface area (Å²) in [6.07, 6.45) is 0.785. The van der Waals surface area contributed by atoms with E-state index in [1.54, 1.807) is 12.1 Å². The molecule has 0 aliphatic heterocycles. The minimum absolute atomic E-state index is 0.213. The van der Waals surface area contributed by atoms with Crippen LogP contribution in [0.5, 0.6) is 0 Å². The van der Waals surface area contributed by atoms with Gasteiger partial charge in [0.2, 0.25) is 0 Å². The van der Waals surface area contributed by atoms with Crippen LogP contribution in [0.1, 0.15) is 5.69 Å². The summed E-state index contributed by atoms with van der Waals surface area (Å²) < 4.78 is 16.1. The first-order valence-electron chi connectivity index (χ1n) is 4.77. The van der Waals surface area contributed by atoms with Crippen molar-refractivity contribution in [2.24, 2.45) is 12.8 Å². The summed E-state index contributed by atoms with van der Waals surface area (Å²) in [5.74, 6) is -0.213. The molecule has 2 nitrogen and oxygen atoms in total. The second kappa shape index (κ2) is 3.94. The number of hydrogen-bond acceptors (Lipinski definition) is 1. The number of hydrogen-bond donors (Lipinski definition) is 1. The number of fused-ring (bicyclic) bond motifs is 1. The van der Waals surface area contributed by atoms with Crippen molar-refractivity contribution in [2.75, 3.05) is 6.54 Å². The Balaban J connectivity index is 2.73. The SMILES string of the molecule is Cn1c(CCN)c(Br)c2ccc(F)cc21. The van der Waals surface area contributed by atoms with E-state index in [2.05, 4.69) is 15.9 Å². The number of aryl methyl sites for hydroxylation is 1. The van der Waals surface area contributed by atoms with E-state index in [0.717, 1.165) is 27.5 Å². The molecule has 80 valence electrons. The third-order valence-corrected chi connectivity index (χ3v) is 3.48. The monoisotopic (exact) mass is 270 g/mol. The quantitative estimate of drug-likeness (QED) is 0.894. The minimum Gasteiger partial charge on any atom is -0.346 e. The van der Waals surface area contributed by atoms with Crippen LogP contribution in [0, 0.1) is 5.82 Å². The zero-order valence-electron chi connectivity index (χ0n) is 8.43. The van der Waals surface area contributed by atoms with Gasteiger partial charge < -0.3 is 10.3 Å². The molecule has 0 saturated heterocycles. The molecule has 0 spiro atoms. The number of aromatic nitrogens is 1. The molecule has 0 unspecified atom stereocenters. The highest BCUT2D eigenvalue weighted by atomic mass is 79.9. The van der Waals surface area contributed by atoms with Crippen LogP contribution >= 0.6 is 15.9 Å². The van der Waals surface area contributed by atoms with Crippen LogP contribution in [-0.4, -0.2) is 11.1 Å². The van der Waals surface area contributed by atoms with Crippen LogP contribution < -0.4 is 5.73 Å². The Morgan fingerprint density at radius 2 is 2.20 bits per heavy atom. The second-order valence-corrected chi connectivity index (χ2v) is 4.31. The maximum absolute atomic E-state index is 13.1. The second-order valence-electron chi connectivity index (χ2n) is 3.52. The molecular formula is C11H12BrFN2. The van der Waals surface area contributed by atoms with E-state index in [1.165, 1.54) is 6.07 Å². The summed E-state index contributed by atoms with van der Waals surface area (Å²) in [5.41, 5.74) is 7.54. The molecule has 1 heterocycles. The van der Waals surface area contributed by atoms with Gasteiger partial charge in [0.15, 0.2) is 0 Å². The normalized spacial score (nSPS) is 11.2. The number of rotatable bonds is 2. The van der Waals surface area contributed by atoms with Crippen molar-refractivity contribution >= 4 is 26.8 Å². The standard InChI is InChI=1S/C11H12BrFN2/c1-15-9(4-5-14)11(12)8-3-2-7(13)6-10(8)15/h2-3,6H,4-5,14H2,1H3. The van der Waals surface area contributed by atoms with Gasteiger partial charge in [-0.05, 0) is 40.7 Å². The van der Waals surface area contributed by atoms with Crippen LogP contribution in [0.2, 0.25) is 0 Å². The molecule has 15 heavy (non-hydrogen) atoms. The van der Waals surface area contributed by atoms with Crippen molar-refractivity contribution in [1.29, 1.82) is 0 Å². The van der Waals surface area contributed by atoms with E-state index in [0.29, 0.717) is 6.54 Å². The van der Waals surface area contributed by atoms with Gasteiger partial charge in [0, 0.05) is 29.0 Å². The predicted molar refractivity (Wildman–Crippen MR) is 63.3 cm³/mol. The summed E-state index contributed by atoms with van der Waals surface area (Å²) in [5, 5.41) is 1.03. The first-order valence-corrected chi connectivity index (χ1v) is 5.57. The lowest BCUT2D eigenvalue weighted by Gasteiger charge is -2.02. The molecule has 0 saturated carbocycles. The predicted octanol–water partition coefficient (Wildman–Crippen LogP) is 2.58. The number of nitrogens with zero attached hydrogens (tertiary/aromatic N) is 1. The van der Waals surface area contributed by atoms with Crippen LogP contribution in [0.3, 0.4) is 0 Å². The molecule has 1 aromatic carbocycles. The Bertz CT molecular complexity index is 505. The van der Waals surface area contributed by atoms with Crippen molar-refractivity contribution in [2.45, 2.75) is 6.42 Å². The first kappa shape index (κ1) is 10.6. The highest BCUT2D eigenvalue weighted by molar-refractivity contribution is 9.10. The molecule has 0 fully saturated rings. The molecule has 0 aliphatic carbocycles. The van der Waals surface area contributed by atoms with E-state index in [-0.39, 0.29) is 5.82 Å². The van der Waals surface area contributed by atoms with E-state index < -0.39 is 0 Å². The molecular weight excluding hydrogens is 259 g/mol. The molecule has 2 rings (SSSR count). The number of halogens is 2. The molecule has 0 amide bonds. The Kier molecular flexibility index (Phi) is 2.80. The smallest absolute Gasteiger partial charge is 0.125 e. The molecule has 2 aromatic rings. The highest BCUT2D eigenvalue weighted by Gasteiger charge is 2.12. The van der Waals surface area contributed by atoms with Gasteiger partial charge in [0.05, 0.1) is 5.52 Å². The van der Waals surface area contributed by atoms with E-state index in [1.807, 2.05) is 11.6 Å². The summed E-state index contributed by atoms with van der Waals surface area (Å²) >= 11 is 3.53. The fourth-order valence-electron chi connectivity index (χ4n) is 1.83. The van der Waals surface area contributed by atoms with Crippen molar-refractivity contribution in [3.05, 3.63) is 34.2 Å². The summed E-state index contributed by atoms with van der Waals surface area (Å²) in [6, 6.07) is 4.80. The molecule has 1 aromatic heterocycles. The third kappa shape index (κ3) is 1.68. The van der Waals surface area contributed by atoms with Crippen molar-refractivity contribution in [3.8, 4) is 0 Å². The van der Waals surface area contributed by atoms with Gasteiger partial charge in [-0.3, -0.25) is 0 Å². The van der Waals surface area contributed by atoms with Gasteiger partial charge in [-0.1, -0.05) is 0 Å². The lowest BCUT2D eigenvalue weighted by molar-refractivity contribution is 0.628. The van der Waals surface area contributed by atoms with E-state index in [9.17, 15) is 4.39 Å². The van der Waals surface area contributed by atoms with Gasteiger partial charge in [-0.15, -0.1) is 0 Å². The van der Waals surface area contributed by atoms with Gasteiger partial charge in [-0.25, -0.2) is 4.39 Å². The lowest BCUT2D eigenvalue weighted by atomic mass is 10.2. The molecule has 0 bridgehead atoms. The molecule has 0 aliphatic rings. The Morgan fingerprint density at radius 1 is 1.47 bits per heavy atom. The average Bonchev–Trinajstić information content (AvgIpc) is 2.44. The number of benzene rings is 1. The van der Waals surface area contributed by atoms with Crippen LogP contribution in [-0.2, 0) is 13.5 Å². The van der Waals surface area contributed by atoms with Crippen molar-refractivity contribution < 1.29 is 4.39 Å². The highest BCUT2D eigenvalue weighted by Crippen LogP contribution is 2.30. The first-order chi connectivity index (χ1) is 7.15. The Labute approximate surface area is 96.0 Å². The summed E-state index contributed by atoms with van der Waals surface area (Å²) in [7, 11) is 1.93. The maximum atomic E-state index is 13.1. The maximum Gasteiger partial charge on any atom is 0.125 e. The van der Waals surface area contributed by atoms with Gasteiger partial charge in [-0.2, -0.15) is 0 Å². The van der Waals surface area contributed by atoms with Crippen LogP contribution in [0.4, 0.5) is 4.39 Å². The van der Waals surface area contributed by atoms with Crippen LogP contribution in [0.15, 0.2) is 22.7 Å². The summed E-state index contributed by atoms with van der Waals surface area (Å²) in [4.78, 5) is 0. The third-order valence-electron chi connectivity index (χ3n) is 2.60. The lowest BCUT2D eigenvalue weighted by Crippen LogP contribution is -2.06.